The van der Waals surface area contributed by atoms with Gasteiger partial charge in [-0.05, 0) is 37.6 Å². The first-order chi connectivity index (χ1) is 13.9. The number of thiophene rings is 1. The molecule has 0 unspecified atom stereocenters. The third-order valence-corrected chi connectivity index (χ3v) is 10.6. The van der Waals surface area contributed by atoms with Gasteiger partial charge in [0, 0.05) is 58.3 Å². The maximum atomic E-state index is 13.5. The third-order valence-electron chi connectivity index (χ3n) is 7.30. The van der Waals surface area contributed by atoms with Crippen LogP contribution in [0.25, 0.3) is 0 Å². The topological polar surface area (TPSA) is 70.2 Å². The predicted molar refractivity (Wildman–Crippen MR) is 112 cm³/mol. The smallest absolute Gasteiger partial charge is 0.252 e. The Balaban J connectivity index is 1.58. The van der Waals surface area contributed by atoms with Crippen LogP contribution in [-0.4, -0.2) is 88.0 Å². The summed E-state index contributed by atoms with van der Waals surface area (Å²) < 4.78 is 33.2. The van der Waals surface area contributed by atoms with Gasteiger partial charge in [-0.1, -0.05) is 6.07 Å². The molecule has 162 valence electrons. The third kappa shape index (κ3) is 3.35. The van der Waals surface area contributed by atoms with E-state index in [1.54, 1.807) is 28.9 Å². The fourth-order valence-corrected chi connectivity index (χ4v) is 8.26. The first-order valence-corrected chi connectivity index (χ1v) is 12.7. The van der Waals surface area contributed by atoms with E-state index in [2.05, 4.69) is 4.90 Å². The molecular formula is C20H31N3O4S2. The summed E-state index contributed by atoms with van der Waals surface area (Å²) >= 11 is 1.27. The van der Waals surface area contributed by atoms with Gasteiger partial charge in [-0.25, -0.2) is 8.42 Å². The Morgan fingerprint density at radius 1 is 1.17 bits per heavy atom. The molecule has 29 heavy (non-hydrogen) atoms. The number of hydrogen-bond acceptors (Lipinski definition) is 6. The average Bonchev–Trinajstić information content (AvgIpc) is 3.42. The highest BCUT2D eigenvalue weighted by Crippen LogP contribution is 2.58. The normalized spacial score (nSPS) is 28.2. The lowest BCUT2D eigenvalue weighted by Crippen LogP contribution is -2.53. The minimum Gasteiger partial charge on any atom is -0.383 e. The first kappa shape index (κ1) is 21.2. The zero-order valence-electron chi connectivity index (χ0n) is 17.3. The van der Waals surface area contributed by atoms with Crippen molar-refractivity contribution < 1.29 is 17.9 Å². The Morgan fingerprint density at radius 3 is 2.52 bits per heavy atom. The van der Waals surface area contributed by atoms with Crippen molar-refractivity contribution in [2.75, 3.05) is 59.5 Å². The maximum Gasteiger partial charge on any atom is 0.252 e. The molecule has 0 aromatic carbocycles. The van der Waals surface area contributed by atoms with Crippen molar-refractivity contribution in [2.45, 2.75) is 30.4 Å². The van der Waals surface area contributed by atoms with Crippen LogP contribution < -0.4 is 0 Å². The number of carbonyl (C=O) groups excluding carboxylic acids is 1. The summed E-state index contributed by atoms with van der Waals surface area (Å²) in [5, 5.41) is 1.80. The van der Waals surface area contributed by atoms with Crippen LogP contribution >= 0.6 is 11.3 Å². The van der Waals surface area contributed by atoms with Crippen LogP contribution in [0, 0.1) is 10.8 Å². The molecule has 1 atom stereocenters. The van der Waals surface area contributed by atoms with Crippen molar-refractivity contribution in [1.29, 1.82) is 0 Å². The molecule has 0 N–H and O–H groups in total. The van der Waals surface area contributed by atoms with Crippen LogP contribution in [-0.2, 0) is 19.6 Å². The number of fused-ring (bicyclic) bond motifs is 1. The minimum atomic E-state index is -3.43. The summed E-state index contributed by atoms with van der Waals surface area (Å²) in [4.78, 5) is 17.8. The number of likely N-dealkylation sites (tertiary alicyclic amines) is 2. The molecule has 3 saturated heterocycles. The van der Waals surface area contributed by atoms with Crippen LogP contribution in [0.5, 0.6) is 0 Å². The monoisotopic (exact) mass is 441 g/mol. The highest BCUT2D eigenvalue weighted by molar-refractivity contribution is 7.91. The van der Waals surface area contributed by atoms with Crippen LogP contribution in [0.4, 0.5) is 0 Å². The van der Waals surface area contributed by atoms with Crippen molar-refractivity contribution in [2.24, 2.45) is 10.8 Å². The maximum absolute atomic E-state index is 13.5. The molecule has 4 heterocycles. The number of hydrogen-bond donors (Lipinski definition) is 0. The Morgan fingerprint density at radius 2 is 1.93 bits per heavy atom. The number of amides is 1. The number of carbonyl (C=O) groups is 1. The molecule has 3 aliphatic rings. The molecule has 0 aliphatic carbocycles. The highest BCUT2D eigenvalue weighted by atomic mass is 32.2. The molecular weight excluding hydrogens is 410 g/mol. The molecule has 1 amide bonds. The van der Waals surface area contributed by atoms with Crippen LogP contribution in [0.1, 0.15) is 26.2 Å². The van der Waals surface area contributed by atoms with E-state index in [9.17, 15) is 13.2 Å². The Hall–Kier alpha value is -1.00. The average molecular weight is 442 g/mol. The van der Waals surface area contributed by atoms with Crippen molar-refractivity contribution in [3.05, 3.63) is 17.5 Å². The van der Waals surface area contributed by atoms with Gasteiger partial charge in [0.1, 0.15) is 4.21 Å². The number of ether oxygens (including phenoxy) is 1. The fraction of sp³-hybridized carbons (Fsp3) is 0.750. The predicted octanol–water partition coefficient (Wildman–Crippen LogP) is 1.72. The first-order valence-electron chi connectivity index (χ1n) is 10.4. The van der Waals surface area contributed by atoms with E-state index in [1.165, 1.54) is 11.3 Å². The fourth-order valence-electron chi connectivity index (χ4n) is 5.67. The summed E-state index contributed by atoms with van der Waals surface area (Å²) in [5.74, 6) is 0.273. The van der Waals surface area contributed by atoms with Gasteiger partial charge >= 0.3 is 0 Å². The molecule has 4 rings (SSSR count). The Labute approximate surface area is 177 Å². The van der Waals surface area contributed by atoms with Gasteiger partial charge in [0.05, 0.1) is 12.0 Å². The number of methoxy groups -OCH3 is 1. The quantitative estimate of drug-likeness (QED) is 0.672. The summed E-state index contributed by atoms with van der Waals surface area (Å²) in [6.07, 6.45) is 2.36. The van der Waals surface area contributed by atoms with Crippen molar-refractivity contribution >= 4 is 27.3 Å². The van der Waals surface area contributed by atoms with E-state index in [1.807, 2.05) is 11.8 Å². The largest absolute Gasteiger partial charge is 0.383 e. The van der Waals surface area contributed by atoms with Crippen molar-refractivity contribution in [3.8, 4) is 0 Å². The van der Waals surface area contributed by atoms with Crippen LogP contribution in [0.2, 0.25) is 0 Å². The lowest BCUT2D eigenvalue weighted by molar-refractivity contribution is -0.141. The molecule has 0 radical (unpaired) electrons. The second-order valence-corrected chi connectivity index (χ2v) is 11.6. The van der Waals surface area contributed by atoms with Crippen LogP contribution in [0.15, 0.2) is 21.7 Å². The van der Waals surface area contributed by atoms with Crippen molar-refractivity contribution in [3.63, 3.8) is 0 Å². The highest BCUT2D eigenvalue weighted by Gasteiger charge is 2.65. The summed E-state index contributed by atoms with van der Waals surface area (Å²) in [6.45, 7) is 7.65. The molecule has 1 aromatic heterocycles. The summed E-state index contributed by atoms with van der Waals surface area (Å²) in [7, 11) is -1.73. The van der Waals surface area contributed by atoms with Gasteiger partial charge in [-0.3, -0.25) is 9.69 Å². The number of rotatable bonds is 6. The lowest BCUT2D eigenvalue weighted by Gasteiger charge is -2.46. The zero-order valence-corrected chi connectivity index (χ0v) is 18.9. The summed E-state index contributed by atoms with van der Waals surface area (Å²) in [5.41, 5.74) is -0.529. The molecule has 3 aliphatic heterocycles. The molecule has 3 fully saturated rings. The van der Waals surface area contributed by atoms with Gasteiger partial charge in [0.15, 0.2) is 0 Å². The van der Waals surface area contributed by atoms with Gasteiger partial charge in [0.2, 0.25) is 5.91 Å². The lowest BCUT2D eigenvalue weighted by atomic mass is 9.60. The second-order valence-electron chi connectivity index (χ2n) is 8.54. The second kappa shape index (κ2) is 7.92. The molecule has 1 aromatic rings. The SMILES string of the molecule is CCN1CC[C@]2(CN(CCOC)CC23CCN(S(=O)(=O)c2cccs2)CC3)C1=O. The number of piperidine rings is 1. The molecule has 2 spiro atoms. The minimum absolute atomic E-state index is 0.150. The van der Waals surface area contributed by atoms with Gasteiger partial charge in [-0.15, -0.1) is 11.3 Å². The van der Waals surface area contributed by atoms with E-state index in [-0.39, 0.29) is 16.7 Å². The number of sulfonamides is 1. The molecule has 0 bridgehead atoms. The number of nitrogens with zero attached hydrogens (tertiary/aromatic N) is 3. The van der Waals surface area contributed by atoms with Gasteiger partial charge in [0.25, 0.3) is 10.0 Å². The van der Waals surface area contributed by atoms with E-state index in [0.717, 1.165) is 52.0 Å². The Bertz CT molecular complexity index is 834. The summed E-state index contributed by atoms with van der Waals surface area (Å²) in [6, 6.07) is 3.45. The molecule has 9 heteroatoms. The van der Waals surface area contributed by atoms with Crippen molar-refractivity contribution in [1.82, 2.24) is 14.1 Å². The molecule has 0 saturated carbocycles. The van der Waals surface area contributed by atoms with E-state index in [0.29, 0.717) is 23.9 Å². The standard InChI is InChI=1S/C20H31N3O4S2/c1-3-22-9-8-20(18(22)24)16-21(12-13-27-2)15-19(20)6-10-23(11-7-19)29(25,26)17-5-4-14-28-17/h4-5,14H,3,6-13,15-16H2,1-2H3/t20-/m0/s1. The van der Waals surface area contributed by atoms with Gasteiger partial charge in [-0.2, -0.15) is 4.31 Å². The molecule has 7 nitrogen and oxygen atoms in total. The van der Waals surface area contributed by atoms with Crippen LogP contribution in [0.3, 0.4) is 0 Å². The van der Waals surface area contributed by atoms with E-state index >= 15 is 0 Å². The van der Waals surface area contributed by atoms with E-state index in [4.69, 9.17) is 4.74 Å². The zero-order chi connectivity index (χ0) is 20.7. The van der Waals surface area contributed by atoms with E-state index < -0.39 is 10.0 Å². The van der Waals surface area contributed by atoms with Gasteiger partial charge < -0.3 is 9.64 Å². The Kier molecular flexibility index (Phi) is 5.80.